The van der Waals surface area contributed by atoms with Gasteiger partial charge in [-0.05, 0) is 36.8 Å². The molecule has 0 fully saturated rings. The van der Waals surface area contributed by atoms with Gasteiger partial charge in [0.25, 0.3) is 5.91 Å². The Kier molecular flexibility index (Phi) is 6.68. The van der Waals surface area contributed by atoms with E-state index in [0.29, 0.717) is 24.3 Å². The summed E-state index contributed by atoms with van der Waals surface area (Å²) in [7, 11) is 1.69. The zero-order valence-corrected chi connectivity index (χ0v) is 16.6. The number of furan rings is 1. The minimum absolute atomic E-state index is 0.264. The van der Waals surface area contributed by atoms with Gasteiger partial charge in [-0.3, -0.25) is 4.79 Å². The van der Waals surface area contributed by atoms with E-state index in [9.17, 15) is 9.59 Å². The van der Waals surface area contributed by atoms with Gasteiger partial charge in [0, 0.05) is 19.3 Å². The number of hydrogen-bond donors (Lipinski definition) is 1. The Morgan fingerprint density at radius 1 is 1.03 bits per heavy atom. The molecule has 0 aliphatic carbocycles. The standard InChI is InChI=1S/C23H24N2O4/c1-17-9-11-18(12-10-17)15-25(2)22(26)16-29-23(27)20-7-3-4-8-21(20)24-14-19-6-5-13-28-19/h3-13,24H,14-16H2,1-2H3. The lowest BCUT2D eigenvalue weighted by Gasteiger charge is -2.18. The van der Waals surface area contributed by atoms with Crippen LogP contribution in [0.3, 0.4) is 0 Å². The molecule has 1 heterocycles. The second-order valence-electron chi connectivity index (χ2n) is 6.79. The first kappa shape index (κ1) is 20.2. The van der Waals surface area contributed by atoms with Crippen molar-refractivity contribution in [2.24, 2.45) is 0 Å². The summed E-state index contributed by atoms with van der Waals surface area (Å²) in [5, 5.41) is 3.15. The van der Waals surface area contributed by atoms with Crippen molar-refractivity contribution in [3.8, 4) is 0 Å². The van der Waals surface area contributed by atoms with Crippen LogP contribution in [-0.2, 0) is 22.6 Å². The van der Waals surface area contributed by atoms with Gasteiger partial charge in [-0.25, -0.2) is 4.79 Å². The number of hydrogen-bond acceptors (Lipinski definition) is 5. The fourth-order valence-corrected chi connectivity index (χ4v) is 2.78. The van der Waals surface area contributed by atoms with E-state index in [1.165, 1.54) is 0 Å². The van der Waals surface area contributed by atoms with Crippen LogP contribution in [0, 0.1) is 6.92 Å². The van der Waals surface area contributed by atoms with Crippen molar-refractivity contribution in [1.82, 2.24) is 4.90 Å². The quantitative estimate of drug-likeness (QED) is 0.587. The van der Waals surface area contributed by atoms with Gasteiger partial charge in [-0.15, -0.1) is 0 Å². The molecular formula is C23H24N2O4. The number of carbonyl (C=O) groups is 2. The van der Waals surface area contributed by atoms with Gasteiger partial charge >= 0.3 is 5.97 Å². The second-order valence-corrected chi connectivity index (χ2v) is 6.79. The fraction of sp³-hybridized carbons (Fsp3) is 0.217. The van der Waals surface area contributed by atoms with Gasteiger partial charge in [0.1, 0.15) is 5.76 Å². The summed E-state index contributed by atoms with van der Waals surface area (Å²) in [5.41, 5.74) is 3.17. The molecule has 0 spiro atoms. The van der Waals surface area contributed by atoms with Crippen LogP contribution in [-0.4, -0.2) is 30.4 Å². The SMILES string of the molecule is Cc1ccc(CN(C)C(=O)COC(=O)c2ccccc2NCc2ccco2)cc1. The van der Waals surface area contributed by atoms with Crippen LogP contribution in [0.2, 0.25) is 0 Å². The number of rotatable bonds is 8. The van der Waals surface area contributed by atoms with Crippen LogP contribution in [0.4, 0.5) is 5.69 Å². The van der Waals surface area contributed by atoms with Gasteiger partial charge in [0.05, 0.1) is 18.4 Å². The average molecular weight is 392 g/mol. The first-order valence-corrected chi connectivity index (χ1v) is 9.35. The second kappa shape index (κ2) is 9.59. The molecule has 1 amide bonds. The van der Waals surface area contributed by atoms with Crippen molar-refractivity contribution in [2.45, 2.75) is 20.0 Å². The molecular weight excluding hydrogens is 368 g/mol. The monoisotopic (exact) mass is 392 g/mol. The van der Waals surface area contributed by atoms with Crippen LogP contribution in [0.5, 0.6) is 0 Å². The molecule has 0 atom stereocenters. The summed E-state index contributed by atoms with van der Waals surface area (Å²) >= 11 is 0. The van der Waals surface area contributed by atoms with E-state index in [4.69, 9.17) is 9.15 Å². The third-order valence-corrected chi connectivity index (χ3v) is 4.47. The van der Waals surface area contributed by atoms with E-state index in [0.717, 1.165) is 16.9 Å². The first-order chi connectivity index (χ1) is 14.0. The van der Waals surface area contributed by atoms with E-state index in [-0.39, 0.29) is 12.5 Å². The number of ether oxygens (including phenoxy) is 1. The predicted molar refractivity (Wildman–Crippen MR) is 110 cm³/mol. The number of nitrogens with zero attached hydrogens (tertiary/aromatic N) is 1. The highest BCUT2D eigenvalue weighted by Gasteiger charge is 2.16. The van der Waals surface area contributed by atoms with Crippen LogP contribution in [0.15, 0.2) is 71.3 Å². The highest BCUT2D eigenvalue weighted by atomic mass is 16.5. The van der Waals surface area contributed by atoms with Crippen molar-refractivity contribution < 1.29 is 18.7 Å². The summed E-state index contributed by atoms with van der Waals surface area (Å²) in [6, 6.07) is 18.6. The molecule has 1 aromatic heterocycles. The van der Waals surface area contributed by atoms with Crippen molar-refractivity contribution in [2.75, 3.05) is 19.0 Å². The largest absolute Gasteiger partial charge is 0.467 e. The third kappa shape index (κ3) is 5.72. The van der Waals surface area contributed by atoms with Crippen molar-refractivity contribution in [1.29, 1.82) is 0 Å². The number of esters is 1. The Hall–Kier alpha value is -3.54. The summed E-state index contributed by atoms with van der Waals surface area (Å²) in [5.74, 6) is -0.0642. The number of para-hydroxylation sites is 1. The predicted octanol–water partition coefficient (Wildman–Crippen LogP) is 4.02. The van der Waals surface area contributed by atoms with Crippen LogP contribution >= 0.6 is 0 Å². The maximum atomic E-state index is 12.5. The average Bonchev–Trinajstić information content (AvgIpc) is 3.25. The minimum atomic E-state index is -0.551. The lowest BCUT2D eigenvalue weighted by Crippen LogP contribution is -2.30. The van der Waals surface area contributed by atoms with E-state index in [1.807, 2.05) is 43.3 Å². The fourth-order valence-electron chi connectivity index (χ4n) is 2.78. The number of aryl methyl sites for hydroxylation is 1. The Labute approximate surface area is 170 Å². The van der Waals surface area contributed by atoms with Crippen LogP contribution < -0.4 is 5.32 Å². The topological polar surface area (TPSA) is 71.8 Å². The van der Waals surface area contributed by atoms with E-state index >= 15 is 0 Å². The molecule has 29 heavy (non-hydrogen) atoms. The number of carbonyl (C=O) groups excluding carboxylic acids is 2. The van der Waals surface area contributed by atoms with E-state index < -0.39 is 5.97 Å². The number of benzene rings is 2. The molecule has 0 unspecified atom stereocenters. The van der Waals surface area contributed by atoms with Gasteiger partial charge < -0.3 is 19.4 Å². The number of amides is 1. The maximum absolute atomic E-state index is 12.5. The molecule has 0 saturated heterocycles. The van der Waals surface area contributed by atoms with Crippen molar-refractivity contribution in [3.63, 3.8) is 0 Å². The van der Waals surface area contributed by atoms with Crippen LogP contribution in [0.25, 0.3) is 0 Å². The Morgan fingerprint density at radius 3 is 2.52 bits per heavy atom. The zero-order chi connectivity index (χ0) is 20.6. The summed E-state index contributed by atoms with van der Waals surface area (Å²) < 4.78 is 10.5. The zero-order valence-electron chi connectivity index (χ0n) is 16.6. The number of nitrogens with one attached hydrogen (secondary N) is 1. The van der Waals surface area contributed by atoms with E-state index in [2.05, 4.69) is 5.32 Å². The van der Waals surface area contributed by atoms with E-state index in [1.54, 1.807) is 42.5 Å². The first-order valence-electron chi connectivity index (χ1n) is 9.35. The van der Waals surface area contributed by atoms with Crippen LogP contribution in [0.1, 0.15) is 27.2 Å². The highest BCUT2D eigenvalue weighted by molar-refractivity contribution is 5.96. The molecule has 0 aliphatic heterocycles. The summed E-state index contributed by atoms with van der Waals surface area (Å²) in [6.07, 6.45) is 1.59. The molecule has 150 valence electrons. The molecule has 0 aliphatic rings. The molecule has 6 heteroatoms. The maximum Gasteiger partial charge on any atom is 0.340 e. The lowest BCUT2D eigenvalue weighted by atomic mass is 10.1. The summed E-state index contributed by atoms with van der Waals surface area (Å²) in [4.78, 5) is 26.4. The molecule has 6 nitrogen and oxygen atoms in total. The number of anilines is 1. The summed E-state index contributed by atoms with van der Waals surface area (Å²) in [6.45, 7) is 2.60. The molecule has 0 bridgehead atoms. The van der Waals surface area contributed by atoms with Crippen molar-refractivity contribution in [3.05, 3.63) is 89.4 Å². The number of likely N-dealkylation sites (N-methyl/N-ethyl adjacent to an activating group) is 1. The molecule has 1 N–H and O–H groups in total. The smallest absolute Gasteiger partial charge is 0.340 e. The Morgan fingerprint density at radius 2 is 1.79 bits per heavy atom. The molecule has 2 aromatic carbocycles. The van der Waals surface area contributed by atoms with Gasteiger partial charge in [-0.2, -0.15) is 0 Å². The molecule has 3 rings (SSSR count). The molecule has 0 saturated carbocycles. The third-order valence-electron chi connectivity index (χ3n) is 4.47. The van der Waals surface area contributed by atoms with Crippen molar-refractivity contribution >= 4 is 17.6 Å². The molecule has 3 aromatic rings. The van der Waals surface area contributed by atoms with Gasteiger partial charge in [0.2, 0.25) is 0 Å². The normalized spacial score (nSPS) is 10.4. The van der Waals surface area contributed by atoms with Gasteiger partial charge in [0.15, 0.2) is 6.61 Å². The minimum Gasteiger partial charge on any atom is -0.467 e. The highest BCUT2D eigenvalue weighted by Crippen LogP contribution is 2.17. The Bertz CT molecular complexity index is 949. The van der Waals surface area contributed by atoms with Gasteiger partial charge in [-0.1, -0.05) is 42.0 Å². The Balaban J connectivity index is 1.54. The lowest BCUT2D eigenvalue weighted by molar-refractivity contribution is -0.133. The molecule has 0 radical (unpaired) electrons.